The maximum absolute atomic E-state index is 10.9. The maximum Gasteiger partial charge on any atom is 0.323 e. The van der Waals surface area contributed by atoms with Gasteiger partial charge < -0.3 is 29.1 Å². The first-order valence-corrected chi connectivity index (χ1v) is 7.93. The summed E-state index contributed by atoms with van der Waals surface area (Å²) in [5.74, 6) is -0.989. The number of carbonyl (C=O) groups excluding carboxylic acids is 1. The molecule has 0 radical (unpaired) electrons. The quantitative estimate of drug-likeness (QED) is 0.453. The van der Waals surface area contributed by atoms with E-state index >= 15 is 0 Å². The van der Waals surface area contributed by atoms with Crippen LogP contribution >= 0.6 is 24.0 Å². The number of aliphatic carboxylic acids is 1. The summed E-state index contributed by atoms with van der Waals surface area (Å²) in [4.78, 5) is 25.4. The number of fused-ring (bicyclic) bond motifs is 1. The number of nitrogens with one attached hydrogen (secondary N) is 1. The second-order valence-corrected chi connectivity index (χ2v) is 6.27. The van der Waals surface area contributed by atoms with E-state index in [1.54, 1.807) is 0 Å². The van der Waals surface area contributed by atoms with E-state index in [1.807, 2.05) is 12.1 Å². The topological polar surface area (TPSA) is 71.8 Å². The Balaban J connectivity index is 0.000000220. The first-order valence-electron chi connectivity index (χ1n) is 6.54. The molecule has 2 N–H and O–H groups in total. The van der Waals surface area contributed by atoms with Crippen molar-refractivity contribution < 1.29 is 43.7 Å². The van der Waals surface area contributed by atoms with Crippen LogP contribution in [-0.2, 0) is 9.59 Å². The fourth-order valence-corrected chi connectivity index (χ4v) is 2.96. The molecule has 1 amide bonds. The molecule has 0 unspecified atom stereocenters. The number of hydrogen-bond acceptors (Lipinski definition) is 4. The van der Waals surface area contributed by atoms with E-state index in [2.05, 4.69) is 36.2 Å². The van der Waals surface area contributed by atoms with Crippen LogP contribution in [-0.4, -0.2) is 38.5 Å². The minimum Gasteiger partial charge on any atom is -1.00 e. The van der Waals surface area contributed by atoms with Crippen molar-refractivity contribution >= 4 is 51.1 Å². The lowest BCUT2D eigenvalue weighted by Gasteiger charge is -2.10. The number of para-hydroxylation sites is 1. The van der Waals surface area contributed by atoms with Gasteiger partial charge in [-0.2, -0.15) is 0 Å². The van der Waals surface area contributed by atoms with Crippen LogP contribution in [0.5, 0.6) is 0 Å². The summed E-state index contributed by atoms with van der Waals surface area (Å²) >= 11 is 5.94. The number of nitrogens with zero attached hydrogens (tertiary/aromatic N) is 1. The number of amides is 1. The predicted molar refractivity (Wildman–Crippen MR) is 89.6 cm³/mol. The largest absolute Gasteiger partial charge is 1.00 e. The number of hydrogen-bond donors (Lipinski definition) is 1. The zero-order chi connectivity index (χ0) is 16.1. The minimum absolute atomic E-state index is 0. The molecular weight excluding hydrogens is 447 g/mol. The average Bonchev–Trinajstić information content (AvgIpc) is 2.79. The van der Waals surface area contributed by atoms with Crippen LogP contribution in [0.4, 0.5) is 0 Å². The summed E-state index contributed by atoms with van der Waals surface area (Å²) in [7, 11) is 0. The fraction of sp³-hybridized carbons (Fsp3) is 0.200. The molecule has 1 aromatic carbocycles. The minimum atomic E-state index is -1.04. The van der Waals surface area contributed by atoms with E-state index in [0.29, 0.717) is 4.32 Å². The highest BCUT2D eigenvalue weighted by molar-refractivity contribution is 8.23. The first kappa shape index (κ1) is 19.8. The number of carbonyl (C=O) groups is 2. The molecule has 1 saturated heterocycles. The highest BCUT2D eigenvalue weighted by Crippen LogP contribution is 2.18. The number of aromatic nitrogens is 1. The molecule has 3 rings (SSSR count). The Morgan fingerprint density at radius 1 is 1.35 bits per heavy atom. The highest BCUT2D eigenvalue weighted by Gasteiger charge is 2.27. The predicted octanol–water partition coefficient (Wildman–Crippen LogP) is -1.10. The van der Waals surface area contributed by atoms with Crippen LogP contribution < -0.4 is 29.0 Å². The van der Waals surface area contributed by atoms with Gasteiger partial charge in [-0.15, -0.1) is 0 Å². The fourth-order valence-electron chi connectivity index (χ4n) is 1.89. The van der Waals surface area contributed by atoms with Crippen molar-refractivity contribution in [2.45, 2.75) is 6.92 Å². The van der Waals surface area contributed by atoms with Gasteiger partial charge in [-0.05, 0) is 12.1 Å². The van der Waals surface area contributed by atoms with E-state index in [0.717, 1.165) is 4.90 Å². The molecule has 1 aliphatic rings. The SMILES string of the molecule is Cc1ccc2ccccc2[nH+]1.O=C(O)CN1C(=O)CSC1=S.[I-]. The lowest BCUT2D eigenvalue weighted by Crippen LogP contribution is -3.00. The number of halogens is 1. The number of aromatic amines is 1. The number of H-pyrrole nitrogens is 1. The summed E-state index contributed by atoms with van der Waals surface area (Å²) in [5, 5.41) is 9.61. The molecule has 2 aromatic rings. The van der Waals surface area contributed by atoms with Crippen molar-refractivity contribution in [1.29, 1.82) is 0 Å². The zero-order valence-corrected chi connectivity index (χ0v) is 16.1. The molecule has 2 heterocycles. The molecule has 122 valence electrons. The highest BCUT2D eigenvalue weighted by atomic mass is 127. The number of thioether (sulfide) groups is 1. The lowest BCUT2D eigenvalue weighted by atomic mass is 10.2. The molecule has 0 aliphatic carbocycles. The van der Waals surface area contributed by atoms with Gasteiger partial charge in [-0.25, -0.2) is 4.98 Å². The van der Waals surface area contributed by atoms with Crippen LogP contribution in [0.3, 0.4) is 0 Å². The molecule has 8 heteroatoms. The van der Waals surface area contributed by atoms with Crippen LogP contribution in [0, 0.1) is 6.92 Å². The lowest BCUT2D eigenvalue weighted by molar-refractivity contribution is -0.354. The van der Waals surface area contributed by atoms with E-state index in [9.17, 15) is 9.59 Å². The second-order valence-electron chi connectivity index (χ2n) is 4.66. The van der Waals surface area contributed by atoms with Crippen molar-refractivity contribution in [1.82, 2.24) is 4.90 Å². The van der Waals surface area contributed by atoms with Crippen LogP contribution in [0.15, 0.2) is 36.4 Å². The molecule has 1 aromatic heterocycles. The van der Waals surface area contributed by atoms with Gasteiger partial charge in [0.2, 0.25) is 11.4 Å². The number of carboxylic acid groups (broad SMARTS) is 1. The third kappa shape index (κ3) is 5.70. The summed E-state index contributed by atoms with van der Waals surface area (Å²) in [6.07, 6.45) is 0. The first-order chi connectivity index (χ1) is 10.5. The van der Waals surface area contributed by atoms with Crippen molar-refractivity contribution in [3.63, 3.8) is 0 Å². The van der Waals surface area contributed by atoms with Crippen LogP contribution in [0.1, 0.15) is 5.69 Å². The Bertz CT molecular complexity index is 723. The van der Waals surface area contributed by atoms with Crippen molar-refractivity contribution in [2.24, 2.45) is 0 Å². The Hall–Kier alpha value is -1.26. The Morgan fingerprint density at radius 2 is 2.04 bits per heavy atom. The molecule has 23 heavy (non-hydrogen) atoms. The molecule has 1 aliphatic heterocycles. The van der Waals surface area contributed by atoms with Gasteiger partial charge in [0.05, 0.1) is 5.75 Å². The van der Waals surface area contributed by atoms with Gasteiger partial charge in [0.1, 0.15) is 10.9 Å². The van der Waals surface area contributed by atoms with Crippen molar-refractivity contribution in [3.8, 4) is 0 Å². The number of thiocarbonyl (C=S) groups is 1. The van der Waals surface area contributed by atoms with E-state index < -0.39 is 5.97 Å². The molecule has 0 saturated carbocycles. The van der Waals surface area contributed by atoms with Crippen LogP contribution in [0.25, 0.3) is 10.9 Å². The Labute approximate surface area is 160 Å². The van der Waals surface area contributed by atoms with E-state index in [-0.39, 0.29) is 42.2 Å². The molecule has 0 bridgehead atoms. The van der Waals surface area contributed by atoms with Crippen molar-refractivity contribution in [3.05, 3.63) is 42.1 Å². The molecule has 5 nitrogen and oxygen atoms in total. The molecular formula is C15H15IN2O3S2. The zero-order valence-electron chi connectivity index (χ0n) is 12.3. The molecule has 0 spiro atoms. The van der Waals surface area contributed by atoms with Gasteiger partial charge in [0.15, 0.2) is 5.69 Å². The number of rotatable bonds is 2. The number of carboxylic acids is 1. The molecule has 1 fully saturated rings. The normalized spacial score (nSPS) is 13.3. The number of aryl methyl sites for hydroxylation is 1. The third-order valence-electron chi connectivity index (χ3n) is 2.94. The van der Waals surface area contributed by atoms with Crippen molar-refractivity contribution in [2.75, 3.05) is 12.3 Å². The summed E-state index contributed by atoms with van der Waals surface area (Å²) < 4.78 is 0.359. The van der Waals surface area contributed by atoms with E-state index in [1.165, 1.54) is 28.4 Å². The summed E-state index contributed by atoms with van der Waals surface area (Å²) in [6.45, 7) is 1.75. The number of pyridine rings is 1. The summed E-state index contributed by atoms with van der Waals surface area (Å²) in [5.41, 5.74) is 2.40. The second kappa shape index (κ2) is 9.14. The smallest absolute Gasteiger partial charge is 0.323 e. The van der Waals surface area contributed by atoms with Gasteiger partial charge >= 0.3 is 5.97 Å². The van der Waals surface area contributed by atoms with Crippen LogP contribution in [0.2, 0.25) is 0 Å². The average molecular weight is 462 g/mol. The third-order valence-corrected chi connectivity index (χ3v) is 4.37. The van der Waals surface area contributed by atoms with Gasteiger partial charge in [0, 0.05) is 24.4 Å². The Kier molecular flexibility index (Phi) is 7.86. The standard InChI is InChI=1S/C10H9N.C5H5NO3S2.HI/c1-8-6-7-9-4-2-3-5-10(9)11-8;7-3-2-11-5(10)6(3)1-4(8)9;/h2-7H,1H3;1-2H2,(H,8,9);1H. The maximum atomic E-state index is 10.9. The van der Waals surface area contributed by atoms with Gasteiger partial charge in [-0.3, -0.25) is 14.5 Å². The van der Waals surface area contributed by atoms with Gasteiger partial charge in [0.25, 0.3) is 0 Å². The number of benzene rings is 1. The summed E-state index contributed by atoms with van der Waals surface area (Å²) in [6, 6.07) is 12.5. The molecule has 0 atom stereocenters. The Morgan fingerprint density at radius 3 is 2.65 bits per heavy atom. The monoisotopic (exact) mass is 462 g/mol. The van der Waals surface area contributed by atoms with Gasteiger partial charge in [-0.1, -0.05) is 36.1 Å². The van der Waals surface area contributed by atoms with E-state index in [4.69, 9.17) is 17.3 Å².